The van der Waals surface area contributed by atoms with Gasteiger partial charge in [0.1, 0.15) is 0 Å². The molecule has 4 nitrogen and oxygen atoms in total. The fourth-order valence-corrected chi connectivity index (χ4v) is 4.54. The molecule has 20 heavy (non-hydrogen) atoms. The first-order chi connectivity index (χ1) is 9.42. The number of rotatable bonds is 5. The molecule has 1 aromatic heterocycles. The van der Waals surface area contributed by atoms with E-state index in [2.05, 4.69) is 4.72 Å². The molecule has 1 aromatic carbocycles. The smallest absolute Gasteiger partial charge is 0.241 e. The Hall–Kier alpha value is -1.21. The van der Waals surface area contributed by atoms with E-state index in [1.54, 1.807) is 31.2 Å². The van der Waals surface area contributed by atoms with Crippen molar-refractivity contribution in [3.05, 3.63) is 51.2 Å². The Morgan fingerprint density at radius 3 is 2.50 bits per heavy atom. The lowest BCUT2D eigenvalue weighted by Gasteiger charge is -2.07. The van der Waals surface area contributed by atoms with Crippen molar-refractivity contribution in [2.24, 2.45) is 0 Å². The van der Waals surface area contributed by atoms with Gasteiger partial charge in [0.05, 0.1) is 11.5 Å². The van der Waals surface area contributed by atoms with Crippen LogP contribution in [-0.4, -0.2) is 13.5 Å². The van der Waals surface area contributed by atoms with Gasteiger partial charge >= 0.3 is 0 Å². The van der Waals surface area contributed by atoms with E-state index >= 15 is 0 Å². The molecule has 0 aliphatic carbocycles. The Morgan fingerprint density at radius 1 is 1.20 bits per heavy atom. The highest BCUT2D eigenvalue weighted by Crippen LogP contribution is 2.24. The van der Waals surface area contributed by atoms with Crippen LogP contribution in [-0.2, 0) is 23.2 Å². The maximum absolute atomic E-state index is 12.2. The maximum Gasteiger partial charge on any atom is 0.241 e. The van der Waals surface area contributed by atoms with E-state index in [4.69, 9.17) is 5.11 Å². The second kappa shape index (κ2) is 6.05. The van der Waals surface area contributed by atoms with Crippen LogP contribution < -0.4 is 4.72 Å². The fraction of sp³-hybridized carbons (Fsp3) is 0.286. The van der Waals surface area contributed by atoms with Gasteiger partial charge in [-0.1, -0.05) is 24.3 Å². The van der Waals surface area contributed by atoms with Crippen LogP contribution in [0.5, 0.6) is 0 Å². The van der Waals surface area contributed by atoms with E-state index in [1.165, 1.54) is 11.3 Å². The highest BCUT2D eigenvalue weighted by atomic mass is 32.2. The third kappa shape index (κ3) is 3.46. The number of sulfonamides is 1. The van der Waals surface area contributed by atoms with Crippen molar-refractivity contribution in [1.29, 1.82) is 0 Å². The first-order valence-corrected chi connectivity index (χ1v) is 8.48. The Kier molecular flexibility index (Phi) is 4.59. The Balaban J connectivity index is 2.15. The molecule has 0 amide bonds. The number of aliphatic hydroxyl groups excluding tert-OH is 1. The molecule has 108 valence electrons. The van der Waals surface area contributed by atoms with Crippen LogP contribution in [0.15, 0.2) is 35.2 Å². The summed E-state index contributed by atoms with van der Waals surface area (Å²) in [7, 11) is -3.49. The van der Waals surface area contributed by atoms with Crippen LogP contribution in [0.25, 0.3) is 0 Å². The van der Waals surface area contributed by atoms with Crippen LogP contribution >= 0.6 is 11.3 Å². The molecule has 0 saturated heterocycles. The minimum atomic E-state index is -3.49. The number of nitrogens with one attached hydrogen (secondary N) is 1. The molecule has 0 aliphatic heterocycles. The summed E-state index contributed by atoms with van der Waals surface area (Å²) in [5.74, 6) is 0. The van der Waals surface area contributed by atoms with Gasteiger partial charge in [-0.25, -0.2) is 13.1 Å². The molecule has 0 radical (unpaired) electrons. The minimum Gasteiger partial charge on any atom is -0.392 e. The van der Waals surface area contributed by atoms with Gasteiger partial charge in [-0.05, 0) is 31.0 Å². The second-order valence-corrected chi connectivity index (χ2v) is 7.78. The molecule has 2 N–H and O–H groups in total. The molecule has 0 fully saturated rings. The van der Waals surface area contributed by atoms with E-state index < -0.39 is 10.0 Å². The molecular weight excluding hydrogens is 294 g/mol. The third-order valence-corrected chi connectivity index (χ3v) is 5.55. The van der Waals surface area contributed by atoms with Gasteiger partial charge < -0.3 is 5.11 Å². The van der Waals surface area contributed by atoms with E-state index in [-0.39, 0.29) is 13.2 Å². The molecule has 0 aliphatic rings. The van der Waals surface area contributed by atoms with Crippen LogP contribution in [0.2, 0.25) is 0 Å². The van der Waals surface area contributed by atoms with E-state index in [0.717, 1.165) is 20.9 Å². The van der Waals surface area contributed by atoms with Crippen LogP contribution in [0.1, 0.15) is 20.9 Å². The van der Waals surface area contributed by atoms with E-state index in [1.807, 2.05) is 13.0 Å². The fourth-order valence-electron chi connectivity index (χ4n) is 1.97. The first-order valence-electron chi connectivity index (χ1n) is 6.18. The van der Waals surface area contributed by atoms with Gasteiger partial charge in [0, 0.05) is 16.3 Å². The summed E-state index contributed by atoms with van der Waals surface area (Å²) in [6.45, 7) is 3.86. The van der Waals surface area contributed by atoms with Gasteiger partial charge in [0.2, 0.25) is 10.0 Å². The lowest BCUT2D eigenvalue weighted by atomic mass is 10.1. The Labute approximate surface area is 123 Å². The minimum absolute atomic E-state index is 0.0522. The zero-order valence-electron chi connectivity index (χ0n) is 11.4. The lowest BCUT2D eigenvalue weighted by molar-refractivity contribution is 0.281. The Morgan fingerprint density at radius 2 is 1.90 bits per heavy atom. The summed E-state index contributed by atoms with van der Waals surface area (Å²) < 4.78 is 27.1. The van der Waals surface area contributed by atoms with Crippen LogP contribution in [0.4, 0.5) is 0 Å². The highest BCUT2D eigenvalue weighted by Gasteiger charge is 2.18. The number of aryl methyl sites for hydroxylation is 2. The first kappa shape index (κ1) is 15.2. The summed E-state index contributed by atoms with van der Waals surface area (Å²) in [4.78, 5) is 2.11. The summed E-state index contributed by atoms with van der Waals surface area (Å²) in [5, 5.41) is 9.07. The molecule has 0 unspecified atom stereocenters. The summed E-state index contributed by atoms with van der Waals surface area (Å²) in [5.41, 5.74) is 1.59. The van der Waals surface area contributed by atoms with Crippen molar-refractivity contribution in [3.63, 3.8) is 0 Å². The van der Waals surface area contributed by atoms with Crippen LogP contribution in [0, 0.1) is 13.8 Å². The topological polar surface area (TPSA) is 66.4 Å². The quantitative estimate of drug-likeness (QED) is 0.890. The predicted octanol–water partition coefficient (Wildman–Crippen LogP) is 2.34. The van der Waals surface area contributed by atoms with E-state index in [9.17, 15) is 8.42 Å². The zero-order valence-corrected chi connectivity index (χ0v) is 13.0. The molecule has 0 atom stereocenters. The van der Waals surface area contributed by atoms with Gasteiger partial charge in [0.25, 0.3) is 0 Å². The van der Waals surface area contributed by atoms with Gasteiger partial charge in [-0.15, -0.1) is 11.3 Å². The lowest BCUT2D eigenvalue weighted by Crippen LogP contribution is -2.23. The number of hydrogen-bond acceptors (Lipinski definition) is 4. The average Bonchev–Trinajstić information content (AvgIpc) is 2.77. The van der Waals surface area contributed by atoms with Crippen molar-refractivity contribution >= 4 is 21.4 Å². The zero-order chi connectivity index (χ0) is 14.8. The standard InChI is InChI=1S/C14H17NO3S2/c1-10-6-14(11(2)19-10)20(17,18)15-8-12-4-3-5-13(7-12)9-16/h3-7,15-16H,8-9H2,1-2H3. The normalized spacial score (nSPS) is 11.8. The summed E-state index contributed by atoms with van der Waals surface area (Å²) in [6, 6.07) is 8.90. The highest BCUT2D eigenvalue weighted by molar-refractivity contribution is 7.89. The molecular formula is C14H17NO3S2. The Bertz CT molecular complexity index is 705. The maximum atomic E-state index is 12.2. The summed E-state index contributed by atoms with van der Waals surface area (Å²) in [6.07, 6.45) is 0. The predicted molar refractivity (Wildman–Crippen MR) is 80.2 cm³/mol. The van der Waals surface area contributed by atoms with Crippen molar-refractivity contribution in [2.75, 3.05) is 0 Å². The van der Waals surface area contributed by atoms with Crippen molar-refractivity contribution in [3.8, 4) is 0 Å². The molecule has 6 heteroatoms. The van der Waals surface area contributed by atoms with Crippen LogP contribution in [0.3, 0.4) is 0 Å². The molecule has 2 aromatic rings. The molecule has 0 saturated carbocycles. The number of aliphatic hydroxyl groups is 1. The molecule has 2 rings (SSSR count). The largest absolute Gasteiger partial charge is 0.392 e. The second-order valence-electron chi connectivity index (χ2n) is 4.58. The van der Waals surface area contributed by atoms with Crippen molar-refractivity contribution < 1.29 is 13.5 Å². The molecule has 0 spiro atoms. The molecule has 1 heterocycles. The molecule has 0 bridgehead atoms. The number of benzene rings is 1. The number of thiophene rings is 1. The monoisotopic (exact) mass is 311 g/mol. The van der Waals surface area contributed by atoms with Crippen molar-refractivity contribution in [2.45, 2.75) is 31.9 Å². The van der Waals surface area contributed by atoms with Gasteiger partial charge in [-0.3, -0.25) is 0 Å². The average molecular weight is 311 g/mol. The van der Waals surface area contributed by atoms with Gasteiger partial charge in [0.15, 0.2) is 0 Å². The number of hydrogen-bond donors (Lipinski definition) is 2. The van der Waals surface area contributed by atoms with Crippen molar-refractivity contribution in [1.82, 2.24) is 4.72 Å². The third-order valence-electron chi connectivity index (χ3n) is 2.93. The van der Waals surface area contributed by atoms with E-state index in [0.29, 0.717) is 4.90 Å². The summed E-state index contributed by atoms with van der Waals surface area (Å²) >= 11 is 1.47. The van der Waals surface area contributed by atoms with Gasteiger partial charge in [-0.2, -0.15) is 0 Å². The SMILES string of the molecule is Cc1cc(S(=O)(=O)NCc2cccc(CO)c2)c(C)s1.